The first-order chi connectivity index (χ1) is 6.36. The van der Waals surface area contributed by atoms with Crippen molar-refractivity contribution in [2.75, 3.05) is 5.73 Å². The standard InChI is InChI=1S/C11H11NS/c12-10-3-1-2-8-9(7-4-5-7)6-13-11(8)10/h1-3,6-7H,4-5,12H2. The van der Waals surface area contributed by atoms with Gasteiger partial charge >= 0.3 is 0 Å². The molecule has 1 saturated carbocycles. The summed E-state index contributed by atoms with van der Waals surface area (Å²) < 4.78 is 1.27. The van der Waals surface area contributed by atoms with Gasteiger partial charge in [0, 0.05) is 5.69 Å². The molecule has 1 aliphatic carbocycles. The van der Waals surface area contributed by atoms with Crippen LogP contribution in [-0.4, -0.2) is 0 Å². The Kier molecular flexibility index (Phi) is 1.41. The lowest BCUT2D eigenvalue weighted by atomic mass is 10.1. The summed E-state index contributed by atoms with van der Waals surface area (Å²) in [6, 6.07) is 6.22. The van der Waals surface area contributed by atoms with E-state index in [-0.39, 0.29) is 0 Å². The lowest BCUT2D eigenvalue weighted by Crippen LogP contribution is -1.83. The Morgan fingerprint density at radius 1 is 1.31 bits per heavy atom. The smallest absolute Gasteiger partial charge is 0.0575 e. The van der Waals surface area contributed by atoms with Crippen LogP contribution in [0.2, 0.25) is 0 Å². The van der Waals surface area contributed by atoms with Gasteiger partial charge in [-0.05, 0) is 41.2 Å². The average Bonchev–Trinajstić information content (AvgIpc) is 2.87. The van der Waals surface area contributed by atoms with Crippen LogP contribution in [0.25, 0.3) is 10.1 Å². The maximum absolute atomic E-state index is 5.90. The highest BCUT2D eigenvalue weighted by molar-refractivity contribution is 7.18. The van der Waals surface area contributed by atoms with Gasteiger partial charge in [-0.3, -0.25) is 0 Å². The van der Waals surface area contributed by atoms with E-state index in [2.05, 4.69) is 17.5 Å². The third kappa shape index (κ3) is 1.05. The number of fused-ring (bicyclic) bond motifs is 1. The van der Waals surface area contributed by atoms with Crippen molar-refractivity contribution in [1.29, 1.82) is 0 Å². The van der Waals surface area contributed by atoms with Gasteiger partial charge in [-0.1, -0.05) is 12.1 Å². The van der Waals surface area contributed by atoms with E-state index >= 15 is 0 Å². The van der Waals surface area contributed by atoms with Crippen molar-refractivity contribution in [1.82, 2.24) is 0 Å². The molecule has 0 amide bonds. The summed E-state index contributed by atoms with van der Waals surface area (Å²) in [4.78, 5) is 0. The maximum Gasteiger partial charge on any atom is 0.0575 e. The molecule has 0 saturated heterocycles. The number of nitrogens with two attached hydrogens (primary N) is 1. The first-order valence-corrected chi connectivity index (χ1v) is 5.50. The molecule has 66 valence electrons. The van der Waals surface area contributed by atoms with Crippen LogP contribution < -0.4 is 5.73 Å². The van der Waals surface area contributed by atoms with E-state index in [1.54, 1.807) is 11.3 Å². The van der Waals surface area contributed by atoms with E-state index in [1.807, 2.05) is 6.07 Å². The SMILES string of the molecule is Nc1cccc2c(C3CC3)csc12. The second-order valence-corrected chi connectivity index (χ2v) is 4.57. The minimum atomic E-state index is 0.829. The lowest BCUT2D eigenvalue weighted by Gasteiger charge is -1.96. The molecule has 2 heteroatoms. The number of hydrogen-bond donors (Lipinski definition) is 1. The molecule has 0 radical (unpaired) electrons. The normalized spacial score (nSPS) is 16.6. The summed E-state index contributed by atoms with van der Waals surface area (Å²) in [5.41, 5.74) is 8.35. The molecule has 1 heterocycles. The second kappa shape index (κ2) is 2.48. The van der Waals surface area contributed by atoms with Gasteiger partial charge in [-0.25, -0.2) is 0 Å². The van der Waals surface area contributed by atoms with Gasteiger partial charge in [0.2, 0.25) is 0 Å². The van der Waals surface area contributed by atoms with Crippen LogP contribution in [0, 0.1) is 0 Å². The van der Waals surface area contributed by atoms with E-state index in [1.165, 1.54) is 28.5 Å². The van der Waals surface area contributed by atoms with Gasteiger partial charge in [0.15, 0.2) is 0 Å². The summed E-state index contributed by atoms with van der Waals surface area (Å²) in [6.07, 6.45) is 2.72. The van der Waals surface area contributed by atoms with E-state index in [4.69, 9.17) is 5.73 Å². The molecule has 0 atom stereocenters. The van der Waals surface area contributed by atoms with Gasteiger partial charge < -0.3 is 5.73 Å². The Hall–Kier alpha value is -1.02. The predicted octanol–water partition coefficient (Wildman–Crippen LogP) is 3.36. The molecule has 1 aromatic carbocycles. The highest BCUT2D eigenvalue weighted by atomic mass is 32.1. The molecular formula is C11H11NS. The Bertz CT molecular complexity index is 454. The van der Waals surface area contributed by atoms with Crippen molar-refractivity contribution >= 4 is 27.1 Å². The second-order valence-electron chi connectivity index (χ2n) is 3.69. The Morgan fingerprint density at radius 2 is 2.15 bits per heavy atom. The van der Waals surface area contributed by atoms with Crippen molar-refractivity contribution < 1.29 is 0 Å². The summed E-state index contributed by atoms with van der Waals surface area (Å²) in [5.74, 6) is 0.829. The topological polar surface area (TPSA) is 26.0 Å². The highest BCUT2D eigenvalue weighted by Gasteiger charge is 2.26. The zero-order chi connectivity index (χ0) is 8.84. The Labute approximate surface area is 81.2 Å². The fourth-order valence-electron chi connectivity index (χ4n) is 1.81. The molecule has 1 aliphatic rings. The Morgan fingerprint density at radius 3 is 2.92 bits per heavy atom. The van der Waals surface area contributed by atoms with Gasteiger partial charge in [-0.15, -0.1) is 11.3 Å². The number of thiophene rings is 1. The first kappa shape index (κ1) is 7.39. The van der Waals surface area contributed by atoms with Crippen LogP contribution in [0.1, 0.15) is 24.3 Å². The zero-order valence-corrected chi connectivity index (χ0v) is 8.10. The third-order valence-corrected chi connectivity index (χ3v) is 3.74. The van der Waals surface area contributed by atoms with Crippen molar-refractivity contribution in [2.45, 2.75) is 18.8 Å². The number of rotatable bonds is 1. The minimum absolute atomic E-state index is 0.829. The molecule has 0 spiro atoms. The summed E-state index contributed by atoms with van der Waals surface area (Å²) in [6.45, 7) is 0. The lowest BCUT2D eigenvalue weighted by molar-refractivity contribution is 1.16. The highest BCUT2D eigenvalue weighted by Crippen LogP contribution is 2.46. The van der Waals surface area contributed by atoms with Crippen LogP contribution >= 0.6 is 11.3 Å². The van der Waals surface area contributed by atoms with E-state index < -0.39 is 0 Å². The fraction of sp³-hybridized carbons (Fsp3) is 0.273. The fourth-order valence-corrected chi connectivity index (χ4v) is 2.89. The molecule has 1 fully saturated rings. The van der Waals surface area contributed by atoms with E-state index in [0.717, 1.165) is 11.6 Å². The number of anilines is 1. The molecule has 0 unspecified atom stereocenters. The summed E-state index contributed by atoms with van der Waals surface area (Å²) >= 11 is 1.78. The average molecular weight is 189 g/mol. The van der Waals surface area contributed by atoms with Gasteiger partial charge in [0.05, 0.1) is 4.70 Å². The van der Waals surface area contributed by atoms with Crippen LogP contribution in [0.15, 0.2) is 23.6 Å². The molecule has 1 nitrogen and oxygen atoms in total. The van der Waals surface area contributed by atoms with E-state index in [0.29, 0.717) is 0 Å². The molecular weight excluding hydrogens is 178 g/mol. The number of nitrogen functional groups attached to an aromatic ring is 1. The van der Waals surface area contributed by atoms with E-state index in [9.17, 15) is 0 Å². The van der Waals surface area contributed by atoms with Crippen LogP contribution in [0.3, 0.4) is 0 Å². The predicted molar refractivity (Wildman–Crippen MR) is 58.2 cm³/mol. The molecule has 13 heavy (non-hydrogen) atoms. The van der Waals surface area contributed by atoms with Crippen molar-refractivity contribution in [3.63, 3.8) is 0 Å². The molecule has 0 aliphatic heterocycles. The van der Waals surface area contributed by atoms with Gasteiger partial charge in [0.25, 0.3) is 0 Å². The molecule has 2 aromatic rings. The monoisotopic (exact) mass is 189 g/mol. The van der Waals surface area contributed by atoms with Crippen LogP contribution in [0.5, 0.6) is 0 Å². The van der Waals surface area contributed by atoms with Crippen molar-refractivity contribution in [3.8, 4) is 0 Å². The maximum atomic E-state index is 5.90. The van der Waals surface area contributed by atoms with Gasteiger partial charge in [0.1, 0.15) is 0 Å². The number of benzene rings is 1. The van der Waals surface area contributed by atoms with Crippen LogP contribution in [-0.2, 0) is 0 Å². The van der Waals surface area contributed by atoms with Crippen molar-refractivity contribution in [3.05, 3.63) is 29.1 Å². The van der Waals surface area contributed by atoms with Gasteiger partial charge in [-0.2, -0.15) is 0 Å². The zero-order valence-electron chi connectivity index (χ0n) is 7.29. The molecule has 2 N–H and O–H groups in total. The third-order valence-electron chi connectivity index (χ3n) is 2.68. The largest absolute Gasteiger partial charge is 0.398 e. The molecule has 1 aromatic heterocycles. The minimum Gasteiger partial charge on any atom is -0.398 e. The quantitative estimate of drug-likeness (QED) is 0.684. The molecule has 3 rings (SSSR count). The van der Waals surface area contributed by atoms with Crippen molar-refractivity contribution in [2.24, 2.45) is 0 Å². The first-order valence-electron chi connectivity index (χ1n) is 4.62. The molecule has 0 bridgehead atoms. The Balaban J connectivity index is 2.32. The number of hydrogen-bond acceptors (Lipinski definition) is 2. The summed E-state index contributed by atoms with van der Waals surface area (Å²) in [7, 11) is 0. The van der Waals surface area contributed by atoms with Crippen LogP contribution in [0.4, 0.5) is 5.69 Å². The summed E-state index contributed by atoms with van der Waals surface area (Å²) in [5, 5.41) is 3.66.